The quantitative estimate of drug-likeness (QED) is 0.785. The molecule has 2 aromatic carbocycles. The van der Waals surface area contributed by atoms with Crippen LogP contribution in [0.3, 0.4) is 0 Å². The highest BCUT2D eigenvalue weighted by Crippen LogP contribution is 2.20. The molecule has 24 heavy (non-hydrogen) atoms. The third kappa shape index (κ3) is 5.39. The van der Waals surface area contributed by atoms with Crippen LogP contribution >= 0.6 is 11.6 Å². The number of halogens is 1. The molecule has 0 aromatic heterocycles. The zero-order chi connectivity index (χ0) is 17.7. The standard InChI is InChI=1S/C19H20ClNO3/c1-19(2,3)24-18(23)21-16-6-4-5-13(11-16)9-14-7-8-17(20)15(10-14)12-22/h4-8,10-12H,9H2,1-3H3,(H,21,23). The number of carbonyl (C=O) groups is 2. The van der Waals surface area contributed by atoms with E-state index in [1.54, 1.807) is 18.2 Å². The van der Waals surface area contributed by atoms with Gasteiger partial charge in [-0.15, -0.1) is 0 Å². The number of nitrogens with one attached hydrogen (secondary N) is 1. The smallest absolute Gasteiger partial charge is 0.412 e. The van der Waals surface area contributed by atoms with Crippen LogP contribution in [0, 0.1) is 0 Å². The minimum Gasteiger partial charge on any atom is -0.444 e. The van der Waals surface area contributed by atoms with Crippen molar-refractivity contribution in [2.75, 3.05) is 5.32 Å². The van der Waals surface area contributed by atoms with E-state index in [9.17, 15) is 9.59 Å². The van der Waals surface area contributed by atoms with Gasteiger partial charge >= 0.3 is 6.09 Å². The van der Waals surface area contributed by atoms with Gasteiger partial charge < -0.3 is 4.74 Å². The maximum absolute atomic E-state index is 11.8. The molecule has 1 amide bonds. The third-order valence-electron chi connectivity index (χ3n) is 3.17. The van der Waals surface area contributed by atoms with Gasteiger partial charge in [-0.1, -0.05) is 29.8 Å². The Morgan fingerprint density at radius 3 is 2.54 bits per heavy atom. The fourth-order valence-electron chi connectivity index (χ4n) is 2.21. The van der Waals surface area contributed by atoms with Crippen molar-refractivity contribution in [1.29, 1.82) is 0 Å². The first kappa shape index (κ1) is 18.0. The van der Waals surface area contributed by atoms with Crippen LogP contribution < -0.4 is 5.32 Å². The molecule has 0 fully saturated rings. The van der Waals surface area contributed by atoms with E-state index in [4.69, 9.17) is 16.3 Å². The van der Waals surface area contributed by atoms with Gasteiger partial charge in [0, 0.05) is 11.3 Å². The van der Waals surface area contributed by atoms with Crippen LogP contribution in [-0.2, 0) is 11.2 Å². The SMILES string of the molecule is CC(C)(C)OC(=O)Nc1cccc(Cc2ccc(Cl)c(C=O)c2)c1. The molecule has 0 saturated carbocycles. The van der Waals surface area contributed by atoms with Gasteiger partial charge in [-0.25, -0.2) is 4.79 Å². The van der Waals surface area contributed by atoms with Gasteiger partial charge in [-0.3, -0.25) is 10.1 Å². The van der Waals surface area contributed by atoms with Gasteiger partial charge in [0.1, 0.15) is 5.60 Å². The summed E-state index contributed by atoms with van der Waals surface area (Å²) in [7, 11) is 0. The Bertz CT molecular complexity index is 751. The lowest BCUT2D eigenvalue weighted by molar-refractivity contribution is 0.0636. The summed E-state index contributed by atoms with van der Waals surface area (Å²) in [6.45, 7) is 5.44. The zero-order valence-electron chi connectivity index (χ0n) is 13.9. The Hall–Kier alpha value is -2.33. The summed E-state index contributed by atoms with van der Waals surface area (Å²) in [5, 5.41) is 3.16. The van der Waals surface area contributed by atoms with Crippen molar-refractivity contribution in [3.63, 3.8) is 0 Å². The van der Waals surface area contributed by atoms with Gasteiger partial charge in [0.25, 0.3) is 0 Å². The van der Waals surface area contributed by atoms with Crippen molar-refractivity contribution in [3.05, 3.63) is 64.2 Å². The number of benzene rings is 2. The van der Waals surface area contributed by atoms with Crippen molar-refractivity contribution in [3.8, 4) is 0 Å². The van der Waals surface area contributed by atoms with Crippen LogP contribution in [0.4, 0.5) is 10.5 Å². The summed E-state index contributed by atoms with van der Waals surface area (Å²) in [6, 6.07) is 12.8. The van der Waals surface area contributed by atoms with E-state index in [0.29, 0.717) is 22.7 Å². The number of amides is 1. The van der Waals surface area contributed by atoms with E-state index in [1.165, 1.54) is 0 Å². The molecule has 0 unspecified atom stereocenters. The van der Waals surface area contributed by atoms with Gasteiger partial charge in [-0.2, -0.15) is 0 Å². The van der Waals surface area contributed by atoms with E-state index >= 15 is 0 Å². The molecule has 0 saturated heterocycles. The van der Waals surface area contributed by atoms with Crippen molar-refractivity contribution < 1.29 is 14.3 Å². The zero-order valence-corrected chi connectivity index (χ0v) is 14.7. The van der Waals surface area contributed by atoms with Crippen LogP contribution in [0.5, 0.6) is 0 Å². The number of rotatable bonds is 4. The molecule has 0 aliphatic rings. The van der Waals surface area contributed by atoms with Crippen LogP contribution in [-0.4, -0.2) is 18.0 Å². The molecule has 2 aromatic rings. The minimum atomic E-state index is -0.545. The molecule has 0 aliphatic heterocycles. The summed E-state index contributed by atoms with van der Waals surface area (Å²) >= 11 is 5.94. The monoisotopic (exact) mass is 345 g/mol. The molecule has 0 atom stereocenters. The molecule has 0 radical (unpaired) electrons. The molecule has 0 aliphatic carbocycles. The number of anilines is 1. The fraction of sp³-hybridized carbons (Fsp3) is 0.263. The molecule has 0 spiro atoms. The molecular formula is C19H20ClNO3. The fourth-order valence-corrected chi connectivity index (χ4v) is 2.37. The molecule has 4 nitrogen and oxygen atoms in total. The van der Waals surface area contributed by atoms with Crippen molar-refractivity contribution in [1.82, 2.24) is 0 Å². The maximum atomic E-state index is 11.8. The molecule has 0 bridgehead atoms. The van der Waals surface area contributed by atoms with E-state index in [0.717, 1.165) is 17.4 Å². The van der Waals surface area contributed by atoms with Crippen molar-refractivity contribution in [2.24, 2.45) is 0 Å². The predicted molar refractivity (Wildman–Crippen MR) is 95.9 cm³/mol. The average molecular weight is 346 g/mol. The second-order valence-corrected chi connectivity index (χ2v) is 6.88. The van der Waals surface area contributed by atoms with Gasteiger partial charge in [-0.05, 0) is 62.6 Å². The van der Waals surface area contributed by atoms with Gasteiger partial charge in [0.2, 0.25) is 0 Å². The van der Waals surface area contributed by atoms with Crippen molar-refractivity contribution >= 4 is 29.7 Å². The molecule has 5 heteroatoms. The summed E-state index contributed by atoms with van der Waals surface area (Å²) in [5.74, 6) is 0. The first-order valence-corrected chi connectivity index (χ1v) is 7.97. The van der Waals surface area contributed by atoms with Crippen LogP contribution in [0.25, 0.3) is 0 Å². The minimum absolute atomic E-state index is 0.439. The molecule has 126 valence electrons. The highest BCUT2D eigenvalue weighted by Gasteiger charge is 2.16. The number of aldehydes is 1. The average Bonchev–Trinajstić information content (AvgIpc) is 2.47. The second-order valence-electron chi connectivity index (χ2n) is 6.48. The number of ether oxygens (including phenoxy) is 1. The highest BCUT2D eigenvalue weighted by molar-refractivity contribution is 6.32. The molecule has 0 heterocycles. The summed E-state index contributed by atoms with van der Waals surface area (Å²) < 4.78 is 5.24. The highest BCUT2D eigenvalue weighted by atomic mass is 35.5. The molecular weight excluding hydrogens is 326 g/mol. The molecule has 2 rings (SSSR count). The Morgan fingerprint density at radius 2 is 1.88 bits per heavy atom. The second kappa shape index (κ2) is 7.49. The first-order valence-electron chi connectivity index (χ1n) is 7.59. The maximum Gasteiger partial charge on any atom is 0.412 e. The number of carbonyl (C=O) groups excluding carboxylic acids is 2. The summed E-state index contributed by atoms with van der Waals surface area (Å²) in [6.07, 6.45) is 0.878. The molecule has 1 N–H and O–H groups in total. The Balaban J connectivity index is 2.10. The van der Waals surface area contributed by atoms with Crippen LogP contribution in [0.15, 0.2) is 42.5 Å². The van der Waals surface area contributed by atoms with Gasteiger partial charge in [0.05, 0.1) is 5.02 Å². The lowest BCUT2D eigenvalue weighted by atomic mass is 10.0. The number of hydrogen-bond donors (Lipinski definition) is 1. The Morgan fingerprint density at radius 1 is 1.17 bits per heavy atom. The van der Waals surface area contributed by atoms with E-state index in [1.807, 2.05) is 45.0 Å². The lowest BCUT2D eigenvalue weighted by Crippen LogP contribution is -2.27. The topological polar surface area (TPSA) is 55.4 Å². The van der Waals surface area contributed by atoms with E-state index in [-0.39, 0.29) is 0 Å². The van der Waals surface area contributed by atoms with Crippen LogP contribution in [0.2, 0.25) is 5.02 Å². The Labute approximate surface area is 146 Å². The summed E-state index contributed by atoms with van der Waals surface area (Å²) in [5.41, 5.74) is 2.55. The van der Waals surface area contributed by atoms with Gasteiger partial charge in [0.15, 0.2) is 6.29 Å². The lowest BCUT2D eigenvalue weighted by Gasteiger charge is -2.19. The van der Waals surface area contributed by atoms with Crippen molar-refractivity contribution in [2.45, 2.75) is 32.8 Å². The predicted octanol–water partition coefficient (Wildman–Crippen LogP) is 5.09. The third-order valence-corrected chi connectivity index (χ3v) is 3.51. The largest absolute Gasteiger partial charge is 0.444 e. The van der Waals surface area contributed by atoms with E-state index < -0.39 is 11.7 Å². The normalized spacial score (nSPS) is 11.0. The Kier molecular flexibility index (Phi) is 5.62. The summed E-state index contributed by atoms with van der Waals surface area (Å²) in [4.78, 5) is 22.8. The first-order chi connectivity index (χ1) is 11.3. The number of hydrogen-bond acceptors (Lipinski definition) is 3. The van der Waals surface area contributed by atoms with Crippen LogP contribution in [0.1, 0.15) is 42.3 Å². The van der Waals surface area contributed by atoms with E-state index in [2.05, 4.69) is 5.32 Å².